The van der Waals surface area contributed by atoms with Crippen LogP contribution in [0.2, 0.25) is 0 Å². The number of methoxy groups -OCH3 is 1. The Kier molecular flexibility index (Phi) is 3.95. The van der Waals surface area contributed by atoms with Crippen molar-refractivity contribution in [3.05, 3.63) is 23.4 Å². The van der Waals surface area contributed by atoms with Gasteiger partial charge in [-0.3, -0.25) is 0 Å². The van der Waals surface area contributed by atoms with Crippen molar-refractivity contribution in [1.82, 2.24) is 13.9 Å². The maximum Gasteiger partial charge on any atom is 0.215 e. The molecule has 0 bridgehead atoms. The molecule has 0 radical (unpaired) electrons. The third-order valence-corrected chi connectivity index (χ3v) is 6.62. The van der Waals surface area contributed by atoms with E-state index in [0.29, 0.717) is 11.4 Å². The number of ether oxygens (including phenoxy) is 1. The fraction of sp³-hybridized carbons (Fsp3) is 0.529. The zero-order valence-corrected chi connectivity index (χ0v) is 15.9. The second kappa shape index (κ2) is 5.94. The van der Waals surface area contributed by atoms with E-state index in [-0.39, 0.29) is 11.5 Å². The zero-order valence-electron chi connectivity index (χ0n) is 15.1. The molecule has 2 fully saturated rings. The monoisotopic (exact) mass is 374 g/mol. The first-order chi connectivity index (χ1) is 12.4. The Morgan fingerprint density at radius 3 is 2.77 bits per heavy atom. The average Bonchev–Trinajstić information content (AvgIpc) is 2.88. The largest absolute Gasteiger partial charge is 0.481 e. The highest BCUT2D eigenvalue weighted by Gasteiger charge is 2.54. The second-order valence-corrected chi connectivity index (χ2v) is 8.52. The van der Waals surface area contributed by atoms with Crippen LogP contribution in [0.3, 0.4) is 0 Å². The van der Waals surface area contributed by atoms with Crippen LogP contribution in [0.1, 0.15) is 24.0 Å². The van der Waals surface area contributed by atoms with E-state index in [9.17, 15) is 9.47 Å². The highest BCUT2D eigenvalue weighted by molar-refractivity contribution is 7.80. The molecule has 1 aliphatic carbocycles. The predicted octanol–water partition coefficient (Wildman–Crippen LogP) is 0.961. The molecule has 1 spiro atoms. The van der Waals surface area contributed by atoms with Gasteiger partial charge in [0, 0.05) is 37.7 Å². The first kappa shape index (κ1) is 17.3. The van der Waals surface area contributed by atoms with Crippen molar-refractivity contribution in [3.8, 4) is 11.9 Å². The quantitative estimate of drug-likeness (QED) is 0.859. The summed E-state index contributed by atoms with van der Waals surface area (Å²) in [5, 5.41) is 19.4. The number of hydrogen-bond acceptors (Lipinski definition) is 5. The Morgan fingerprint density at radius 2 is 2.19 bits per heavy atom. The summed E-state index contributed by atoms with van der Waals surface area (Å²) in [6.45, 7) is 3.77. The Morgan fingerprint density at radius 1 is 1.50 bits per heavy atom. The van der Waals surface area contributed by atoms with Gasteiger partial charge in [-0.2, -0.15) is 14.9 Å². The summed E-state index contributed by atoms with van der Waals surface area (Å²) in [5.74, 6) is 0.661. The van der Waals surface area contributed by atoms with Gasteiger partial charge in [0.05, 0.1) is 30.1 Å². The number of aryl methyl sites for hydroxylation is 1. The number of nitriles is 1. The molecule has 2 N–H and O–H groups in total. The van der Waals surface area contributed by atoms with Crippen molar-refractivity contribution in [3.63, 3.8) is 0 Å². The maximum absolute atomic E-state index is 11.4. The Balaban J connectivity index is 1.61. The van der Waals surface area contributed by atoms with Crippen LogP contribution in [0.5, 0.6) is 5.88 Å². The molecule has 26 heavy (non-hydrogen) atoms. The lowest BCUT2D eigenvalue weighted by atomic mass is 9.60. The number of rotatable bonds is 4. The summed E-state index contributed by atoms with van der Waals surface area (Å²) in [4.78, 5) is 2.25. The summed E-state index contributed by atoms with van der Waals surface area (Å²) in [6, 6.07) is 4.48. The van der Waals surface area contributed by atoms with Crippen LogP contribution in [-0.4, -0.2) is 51.4 Å². The smallest absolute Gasteiger partial charge is 0.215 e. The molecule has 9 heteroatoms. The summed E-state index contributed by atoms with van der Waals surface area (Å²) in [7, 11) is 3.42. The number of hydrogen-bond donors (Lipinski definition) is 1. The minimum Gasteiger partial charge on any atom is -0.481 e. The van der Waals surface area contributed by atoms with E-state index in [1.165, 1.54) is 0 Å². The van der Waals surface area contributed by atoms with Gasteiger partial charge < -0.3 is 9.64 Å². The van der Waals surface area contributed by atoms with E-state index in [1.54, 1.807) is 29.2 Å². The SMILES string of the molecule is COc1cc(C)c2c(N3CC4(CC(N(C)S(N)=O)C4)C3)c(C#N)cnn12. The molecule has 8 nitrogen and oxygen atoms in total. The summed E-state index contributed by atoms with van der Waals surface area (Å²) in [5.41, 5.74) is 3.69. The third-order valence-electron chi connectivity index (χ3n) is 5.75. The third kappa shape index (κ3) is 2.40. The van der Waals surface area contributed by atoms with E-state index in [2.05, 4.69) is 16.1 Å². The van der Waals surface area contributed by atoms with Crippen molar-refractivity contribution in [1.29, 1.82) is 5.26 Å². The highest BCUT2D eigenvalue weighted by atomic mass is 32.2. The molecule has 4 rings (SSSR count). The molecule has 1 unspecified atom stereocenters. The van der Waals surface area contributed by atoms with Crippen LogP contribution >= 0.6 is 0 Å². The fourth-order valence-corrected chi connectivity index (χ4v) is 4.81. The van der Waals surface area contributed by atoms with Crippen molar-refractivity contribution < 1.29 is 8.95 Å². The molecule has 1 atom stereocenters. The second-order valence-electron chi connectivity index (χ2n) is 7.39. The minimum atomic E-state index is -1.42. The minimum absolute atomic E-state index is 0.232. The zero-order chi connectivity index (χ0) is 18.6. The number of anilines is 1. The molecule has 2 aromatic rings. The van der Waals surface area contributed by atoms with E-state index in [4.69, 9.17) is 9.88 Å². The van der Waals surface area contributed by atoms with Crippen LogP contribution in [0.15, 0.2) is 12.3 Å². The summed E-state index contributed by atoms with van der Waals surface area (Å²) >= 11 is -1.42. The molecule has 3 heterocycles. The molecule has 2 aromatic heterocycles. The maximum atomic E-state index is 11.4. The first-order valence-electron chi connectivity index (χ1n) is 8.48. The van der Waals surface area contributed by atoms with Crippen LogP contribution in [0.4, 0.5) is 5.69 Å². The summed E-state index contributed by atoms with van der Waals surface area (Å²) in [6.07, 6.45) is 3.56. The van der Waals surface area contributed by atoms with Crippen LogP contribution in [0, 0.1) is 23.7 Å². The highest BCUT2D eigenvalue weighted by Crippen LogP contribution is 2.52. The van der Waals surface area contributed by atoms with Gasteiger partial charge in [-0.15, -0.1) is 0 Å². The van der Waals surface area contributed by atoms with Crippen molar-refractivity contribution >= 4 is 22.4 Å². The molecule has 1 saturated heterocycles. The van der Waals surface area contributed by atoms with Crippen LogP contribution in [0.25, 0.3) is 5.52 Å². The molecule has 0 aromatic carbocycles. The lowest BCUT2D eigenvalue weighted by molar-refractivity contribution is 0.0227. The molecule has 2 aliphatic rings. The standard InChI is InChI=1S/C17H22N6O2S/c1-11-4-14(25-3)23-15(11)16(12(7-18)8-20-23)22-9-17(10-22)5-13(6-17)21(2)26(19)24/h4,8,13H,5-6,9-10,19H2,1-3H3. The van der Waals surface area contributed by atoms with Gasteiger partial charge >= 0.3 is 0 Å². The van der Waals surface area contributed by atoms with Gasteiger partial charge in [0.2, 0.25) is 5.88 Å². The molecular formula is C17H22N6O2S. The first-order valence-corrected chi connectivity index (χ1v) is 9.65. The van der Waals surface area contributed by atoms with E-state index in [1.807, 2.05) is 13.0 Å². The molecule has 138 valence electrons. The normalized spacial score (nSPS) is 20.1. The van der Waals surface area contributed by atoms with Gasteiger partial charge in [-0.05, 0) is 25.3 Å². The number of fused-ring (bicyclic) bond motifs is 1. The van der Waals surface area contributed by atoms with Gasteiger partial charge in [0.15, 0.2) is 11.2 Å². The topological polar surface area (TPSA) is 99.9 Å². The summed E-state index contributed by atoms with van der Waals surface area (Å²) < 4.78 is 20.3. The Hall–Kier alpha value is -2.15. The van der Waals surface area contributed by atoms with Crippen LogP contribution in [-0.2, 0) is 11.2 Å². The van der Waals surface area contributed by atoms with Gasteiger partial charge in [-0.1, -0.05) is 0 Å². The van der Waals surface area contributed by atoms with Crippen molar-refractivity contribution in [2.45, 2.75) is 25.8 Å². The lowest BCUT2D eigenvalue weighted by Gasteiger charge is -2.61. The van der Waals surface area contributed by atoms with E-state index < -0.39 is 11.2 Å². The average molecular weight is 374 g/mol. The van der Waals surface area contributed by atoms with Crippen molar-refractivity contribution in [2.75, 3.05) is 32.1 Å². The van der Waals surface area contributed by atoms with Gasteiger partial charge in [-0.25, -0.2) is 13.7 Å². The van der Waals surface area contributed by atoms with E-state index >= 15 is 0 Å². The van der Waals surface area contributed by atoms with Gasteiger partial charge in [0.25, 0.3) is 0 Å². The molecule has 1 saturated carbocycles. The van der Waals surface area contributed by atoms with Crippen LogP contribution < -0.4 is 14.8 Å². The number of nitrogens with two attached hydrogens (primary N) is 1. The lowest BCUT2D eigenvalue weighted by Crippen LogP contribution is -2.66. The van der Waals surface area contributed by atoms with Gasteiger partial charge in [0.1, 0.15) is 6.07 Å². The Labute approximate surface area is 154 Å². The molecule has 1 aliphatic heterocycles. The van der Waals surface area contributed by atoms with Crippen molar-refractivity contribution in [2.24, 2.45) is 10.6 Å². The molecular weight excluding hydrogens is 352 g/mol. The van der Waals surface area contributed by atoms with E-state index in [0.717, 1.165) is 42.7 Å². The Bertz CT molecular complexity index is 935. The number of aromatic nitrogens is 2. The fourth-order valence-electron chi connectivity index (χ4n) is 4.37. The number of nitrogens with zero attached hydrogens (tertiary/aromatic N) is 5. The predicted molar refractivity (Wildman–Crippen MR) is 99.0 cm³/mol. The molecule has 0 amide bonds.